The Morgan fingerprint density at radius 1 is 1.25 bits per heavy atom. The van der Waals surface area contributed by atoms with Gasteiger partial charge in [0.15, 0.2) is 0 Å². The summed E-state index contributed by atoms with van der Waals surface area (Å²) in [6.07, 6.45) is 3.41. The van der Waals surface area contributed by atoms with E-state index in [0.717, 1.165) is 16.7 Å². The number of rotatable bonds is 3. The molecule has 0 unspecified atom stereocenters. The summed E-state index contributed by atoms with van der Waals surface area (Å²) in [5.41, 5.74) is 2.48. The molecule has 2 N–H and O–H groups in total. The zero-order valence-electron chi connectivity index (χ0n) is 12.8. The molecule has 0 spiro atoms. The summed E-state index contributed by atoms with van der Waals surface area (Å²) >= 11 is 0. The molecule has 24 heavy (non-hydrogen) atoms. The third kappa shape index (κ3) is 3.34. The van der Waals surface area contributed by atoms with Crippen LogP contribution in [-0.2, 0) is 19.5 Å². The molecule has 0 atom stereocenters. The van der Waals surface area contributed by atoms with Crippen molar-refractivity contribution >= 4 is 12.0 Å². The van der Waals surface area contributed by atoms with E-state index in [4.69, 9.17) is 0 Å². The Morgan fingerprint density at radius 2 is 2.00 bits per heavy atom. The Morgan fingerprint density at radius 3 is 2.71 bits per heavy atom. The molecule has 2 heterocycles. The molecule has 7 heteroatoms. The lowest BCUT2D eigenvalue weighted by Gasteiger charge is -2.29. The summed E-state index contributed by atoms with van der Waals surface area (Å²) in [5.74, 6) is -1.33. The number of aromatic nitrogens is 1. The number of carbonyl (C=O) groups is 2. The van der Waals surface area contributed by atoms with Crippen LogP contribution in [0.25, 0.3) is 0 Å². The van der Waals surface area contributed by atoms with Gasteiger partial charge in [0, 0.05) is 32.0 Å². The number of benzene rings is 1. The van der Waals surface area contributed by atoms with E-state index in [0.29, 0.717) is 26.1 Å². The first-order valence-corrected chi connectivity index (χ1v) is 7.51. The van der Waals surface area contributed by atoms with Crippen molar-refractivity contribution in [3.8, 4) is 0 Å². The number of fused-ring (bicyclic) bond motifs is 1. The Hall–Kier alpha value is -2.96. The summed E-state index contributed by atoms with van der Waals surface area (Å²) in [5, 5.41) is 12.0. The lowest BCUT2D eigenvalue weighted by Crippen LogP contribution is -2.42. The Bertz CT molecular complexity index is 777. The second-order valence-corrected chi connectivity index (χ2v) is 5.59. The molecule has 0 radical (unpaired) electrons. The number of amides is 2. The molecular formula is C17H16FN3O3. The number of halogens is 1. The van der Waals surface area contributed by atoms with Crippen molar-refractivity contribution in [3.05, 3.63) is 64.7 Å². The fourth-order valence-corrected chi connectivity index (χ4v) is 2.74. The summed E-state index contributed by atoms with van der Waals surface area (Å²) < 4.78 is 12.9. The van der Waals surface area contributed by atoms with E-state index in [-0.39, 0.29) is 17.4 Å². The third-order valence-electron chi connectivity index (χ3n) is 4.01. The first-order chi connectivity index (χ1) is 11.5. The molecule has 0 fully saturated rings. The van der Waals surface area contributed by atoms with Gasteiger partial charge in [-0.3, -0.25) is 4.98 Å². The van der Waals surface area contributed by atoms with Crippen LogP contribution < -0.4 is 5.32 Å². The molecule has 6 nitrogen and oxygen atoms in total. The fraction of sp³-hybridized carbons (Fsp3) is 0.235. The maximum atomic E-state index is 12.9. The van der Waals surface area contributed by atoms with Crippen LogP contribution in [0.5, 0.6) is 0 Å². The van der Waals surface area contributed by atoms with Gasteiger partial charge in [0.25, 0.3) is 0 Å². The predicted octanol–water partition coefficient (Wildman–Crippen LogP) is 2.19. The number of pyridine rings is 1. The molecule has 1 aliphatic heterocycles. The fourth-order valence-electron chi connectivity index (χ4n) is 2.74. The average Bonchev–Trinajstić information content (AvgIpc) is 2.59. The van der Waals surface area contributed by atoms with Crippen molar-refractivity contribution in [2.24, 2.45) is 0 Å². The van der Waals surface area contributed by atoms with Crippen LogP contribution in [0, 0.1) is 5.82 Å². The highest BCUT2D eigenvalue weighted by Gasteiger charge is 2.24. The molecule has 0 saturated heterocycles. The van der Waals surface area contributed by atoms with E-state index in [9.17, 15) is 19.1 Å². The smallest absolute Gasteiger partial charge is 0.337 e. The SMILES string of the molecule is O=C(O)c1cncc2c1CCN(C(=O)NCc1ccc(F)cc1)C2. The van der Waals surface area contributed by atoms with E-state index in [2.05, 4.69) is 10.3 Å². The minimum Gasteiger partial charge on any atom is -0.478 e. The molecule has 1 aliphatic rings. The number of urea groups is 1. The van der Waals surface area contributed by atoms with Crippen molar-refractivity contribution in [2.75, 3.05) is 6.54 Å². The monoisotopic (exact) mass is 329 g/mol. The molecule has 124 valence electrons. The van der Waals surface area contributed by atoms with Gasteiger partial charge in [-0.05, 0) is 35.2 Å². The molecule has 3 rings (SSSR count). The third-order valence-corrected chi connectivity index (χ3v) is 4.01. The lowest BCUT2D eigenvalue weighted by atomic mass is 9.97. The first-order valence-electron chi connectivity index (χ1n) is 7.51. The van der Waals surface area contributed by atoms with Crippen molar-refractivity contribution in [3.63, 3.8) is 0 Å². The molecule has 0 aliphatic carbocycles. The molecule has 0 saturated carbocycles. The summed E-state index contributed by atoms with van der Waals surface area (Å²) in [7, 11) is 0. The second-order valence-electron chi connectivity index (χ2n) is 5.59. The van der Waals surface area contributed by atoms with E-state index in [1.165, 1.54) is 18.3 Å². The average molecular weight is 329 g/mol. The standard InChI is InChI=1S/C17H16FN3O3/c18-13-3-1-11(2-4-13)7-20-17(24)21-6-5-14-12(10-21)8-19-9-15(14)16(22)23/h1-4,8-9H,5-7,10H2,(H,20,24)(H,22,23). The van der Waals surface area contributed by atoms with Gasteiger partial charge >= 0.3 is 12.0 Å². The van der Waals surface area contributed by atoms with Crippen LogP contribution in [0.4, 0.5) is 9.18 Å². The molecule has 2 amide bonds. The van der Waals surface area contributed by atoms with Gasteiger partial charge in [0.2, 0.25) is 0 Å². The highest BCUT2D eigenvalue weighted by molar-refractivity contribution is 5.89. The maximum absolute atomic E-state index is 12.9. The number of carboxylic acids is 1. The van der Waals surface area contributed by atoms with Crippen LogP contribution in [0.3, 0.4) is 0 Å². The highest BCUT2D eigenvalue weighted by Crippen LogP contribution is 2.21. The number of carbonyl (C=O) groups excluding carboxylic acids is 1. The molecule has 1 aromatic heterocycles. The van der Waals surface area contributed by atoms with Crippen molar-refractivity contribution in [2.45, 2.75) is 19.5 Å². The minimum absolute atomic E-state index is 0.193. The van der Waals surface area contributed by atoms with Crippen molar-refractivity contribution in [1.29, 1.82) is 0 Å². The van der Waals surface area contributed by atoms with Gasteiger partial charge in [-0.1, -0.05) is 12.1 Å². The van der Waals surface area contributed by atoms with Crippen LogP contribution in [0.2, 0.25) is 0 Å². The van der Waals surface area contributed by atoms with Gasteiger partial charge in [-0.15, -0.1) is 0 Å². The zero-order valence-corrected chi connectivity index (χ0v) is 12.8. The van der Waals surface area contributed by atoms with Crippen molar-refractivity contribution in [1.82, 2.24) is 15.2 Å². The minimum atomic E-state index is -1.01. The second kappa shape index (κ2) is 6.66. The van der Waals surface area contributed by atoms with Crippen LogP contribution in [0.15, 0.2) is 36.7 Å². The van der Waals surface area contributed by atoms with Crippen LogP contribution >= 0.6 is 0 Å². The summed E-state index contributed by atoms with van der Waals surface area (Å²) in [6, 6.07) is 5.68. The van der Waals surface area contributed by atoms with Gasteiger partial charge in [0.05, 0.1) is 5.56 Å². The molecule has 1 aromatic carbocycles. The topological polar surface area (TPSA) is 82.5 Å². The van der Waals surface area contributed by atoms with E-state index < -0.39 is 5.97 Å². The van der Waals surface area contributed by atoms with Gasteiger partial charge in [0.1, 0.15) is 5.82 Å². The van der Waals surface area contributed by atoms with Crippen molar-refractivity contribution < 1.29 is 19.1 Å². The quantitative estimate of drug-likeness (QED) is 0.904. The van der Waals surface area contributed by atoms with Crippen LogP contribution in [-0.4, -0.2) is 33.5 Å². The first kappa shape index (κ1) is 15.9. The van der Waals surface area contributed by atoms with E-state index in [1.54, 1.807) is 23.2 Å². The number of nitrogens with zero attached hydrogens (tertiary/aromatic N) is 2. The van der Waals surface area contributed by atoms with E-state index >= 15 is 0 Å². The molecule has 2 aromatic rings. The number of aromatic carboxylic acids is 1. The zero-order chi connectivity index (χ0) is 17.1. The lowest BCUT2D eigenvalue weighted by molar-refractivity contribution is 0.0694. The molecule has 0 bridgehead atoms. The van der Waals surface area contributed by atoms with Gasteiger partial charge in [-0.25, -0.2) is 14.0 Å². The molecular weight excluding hydrogens is 313 g/mol. The Balaban J connectivity index is 1.64. The number of hydrogen-bond acceptors (Lipinski definition) is 3. The normalized spacial score (nSPS) is 13.3. The summed E-state index contributed by atoms with van der Waals surface area (Å²) in [4.78, 5) is 29.0. The largest absolute Gasteiger partial charge is 0.478 e. The van der Waals surface area contributed by atoms with E-state index in [1.807, 2.05) is 0 Å². The van der Waals surface area contributed by atoms with Gasteiger partial charge < -0.3 is 15.3 Å². The highest BCUT2D eigenvalue weighted by atomic mass is 19.1. The number of nitrogens with one attached hydrogen (secondary N) is 1. The summed E-state index contributed by atoms with van der Waals surface area (Å²) in [6.45, 7) is 1.06. The van der Waals surface area contributed by atoms with Crippen LogP contribution in [0.1, 0.15) is 27.0 Å². The maximum Gasteiger partial charge on any atom is 0.337 e. The number of hydrogen-bond donors (Lipinski definition) is 2. The number of carboxylic acid groups (broad SMARTS) is 1. The Kier molecular flexibility index (Phi) is 4.41. The Labute approximate surface area is 137 Å². The van der Waals surface area contributed by atoms with Gasteiger partial charge in [-0.2, -0.15) is 0 Å². The predicted molar refractivity (Wildman–Crippen MR) is 83.9 cm³/mol.